The van der Waals surface area contributed by atoms with E-state index in [1.807, 2.05) is 0 Å². The third-order valence-corrected chi connectivity index (χ3v) is 3.33. The largest absolute Gasteiger partial charge is 0.387 e. The van der Waals surface area contributed by atoms with E-state index >= 15 is 0 Å². The van der Waals surface area contributed by atoms with E-state index in [1.54, 1.807) is 83.1 Å². The van der Waals surface area contributed by atoms with Gasteiger partial charge in [-0.15, -0.1) is 0 Å². The Hall–Kier alpha value is -1.76. The second kappa shape index (κ2) is 11.7. The number of hydrogen-bond donors (Lipinski definition) is 0. The molecule has 174 valence electrons. The third-order valence-electron chi connectivity index (χ3n) is 3.33. The summed E-state index contributed by atoms with van der Waals surface area (Å²) in [6.45, 7) is 19.3. The number of esters is 4. The minimum atomic E-state index is -1.08. The topological polar surface area (TPSA) is 121 Å². The average Bonchev–Trinajstić information content (AvgIpc) is 2.50. The predicted octanol–water partition coefficient (Wildman–Crippen LogP) is 3.43. The van der Waals surface area contributed by atoms with E-state index in [-0.39, 0.29) is 19.5 Å². The molecular weight excluding hydrogens is 458 g/mol. The minimum absolute atomic E-state index is 0. The molecule has 0 unspecified atom stereocenters. The maximum Gasteiger partial charge on any atom is 0.382 e. The zero-order chi connectivity index (χ0) is 24.9. The standard InChI is InChI=1S/2C11H18O4.Zn/c2*1-10(2,3)7(12)8(13)15-9(14)11(4,5)6;/h2*1-6H3;. The number of hydrogen-bond acceptors (Lipinski definition) is 8. The van der Waals surface area contributed by atoms with Crippen LogP contribution in [0.4, 0.5) is 0 Å². The van der Waals surface area contributed by atoms with E-state index in [0.29, 0.717) is 0 Å². The molecular formula is C22H36O8Zn. The van der Waals surface area contributed by atoms with Crippen molar-refractivity contribution in [1.29, 1.82) is 0 Å². The Morgan fingerprint density at radius 2 is 0.613 bits per heavy atom. The Morgan fingerprint density at radius 3 is 0.742 bits per heavy atom. The van der Waals surface area contributed by atoms with Crippen LogP contribution in [0.1, 0.15) is 83.1 Å². The van der Waals surface area contributed by atoms with E-state index in [0.717, 1.165) is 0 Å². The first-order valence-corrected chi connectivity index (χ1v) is 9.54. The van der Waals surface area contributed by atoms with Crippen LogP contribution >= 0.6 is 0 Å². The van der Waals surface area contributed by atoms with Gasteiger partial charge in [0, 0.05) is 30.3 Å². The van der Waals surface area contributed by atoms with Gasteiger partial charge >= 0.3 is 23.9 Å². The second-order valence-electron chi connectivity index (χ2n) is 11.0. The molecule has 0 spiro atoms. The van der Waals surface area contributed by atoms with Gasteiger partial charge in [0.15, 0.2) is 0 Å². The van der Waals surface area contributed by atoms with Gasteiger partial charge in [-0.05, 0) is 41.5 Å². The molecule has 0 aromatic heterocycles. The first-order valence-electron chi connectivity index (χ1n) is 9.54. The molecule has 0 saturated heterocycles. The summed E-state index contributed by atoms with van der Waals surface area (Å²) in [5.74, 6) is -4.93. The fraction of sp³-hybridized carbons (Fsp3) is 0.727. The van der Waals surface area contributed by atoms with Crippen molar-refractivity contribution in [2.75, 3.05) is 0 Å². The van der Waals surface area contributed by atoms with Crippen LogP contribution in [0.25, 0.3) is 0 Å². The molecule has 0 bridgehead atoms. The maximum atomic E-state index is 11.4. The summed E-state index contributed by atoms with van der Waals surface area (Å²) in [6.07, 6.45) is 0. The van der Waals surface area contributed by atoms with Crippen LogP contribution in [0.15, 0.2) is 0 Å². The molecule has 0 heterocycles. The summed E-state index contributed by atoms with van der Waals surface area (Å²) >= 11 is 0. The molecule has 0 aromatic carbocycles. The zero-order valence-corrected chi connectivity index (χ0v) is 23.9. The van der Waals surface area contributed by atoms with Crippen LogP contribution in [-0.2, 0) is 57.7 Å². The van der Waals surface area contributed by atoms with Crippen LogP contribution in [0, 0.1) is 21.7 Å². The predicted molar refractivity (Wildman–Crippen MR) is 110 cm³/mol. The molecule has 0 saturated carbocycles. The van der Waals surface area contributed by atoms with Gasteiger partial charge in [0.2, 0.25) is 11.6 Å². The Labute approximate surface area is 197 Å². The Kier molecular flexibility index (Phi) is 12.8. The molecule has 0 amide bonds. The molecule has 0 aliphatic rings. The second-order valence-corrected chi connectivity index (χ2v) is 11.0. The van der Waals surface area contributed by atoms with E-state index in [9.17, 15) is 28.8 Å². The van der Waals surface area contributed by atoms with Gasteiger partial charge in [-0.1, -0.05) is 41.5 Å². The van der Waals surface area contributed by atoms with Crippen molar-refractivity contribution in [3.8, 4) is 0 Å². The average molecular weight is 494 g/mol. The number of Topliss-reactive ketones (excluding diaryl/α,β-unsaturated/α-hetero) is 2. The zero-order valence-electron chi connectivity index (χ0n) is 21.0. The van der Waals surface area contributed by atoms with Crippen molar-refractivity contribution in [2.45, 2.75) is 83.1 Å². The Bertz CT molecular complexity index is 646. The van der Waals surface area contributed by atoms with Crippen molar-refractivity contribution in [3.05, 3.63) is 0 Å². The molecule has 0 N–H and O–H groups in total. The van der Waals surface area contributed by atoms with Gasteiger partial charge in [0.1, 0.15) is 0 Å². The molecule has 0 aliphatic heterocycles. The summed E-state index contributed by atoms with van der Waals surface area (Å²) < 4.78 is 8.95. The van der Waals surface area contributed by atoms with Gasteiger partial charge < -0.3 is 9.47 Å². The molecule has 0 aromatic rings. The summed E-state index contributed by atoms with van der Waals surface area (Å²) in [5.41, 5.74) is -3.22. The van der Waals surface area contributed by atoms with Crippen molar-refractivity contribution in [1.82, 2.24) is 0 Å². The molecule has 8 nitrogen and oxygen atoms in total. The van der Waals surface area contributed by atoms with Gasteiger partial charge in [-0.2, -0.15) is 0 Å². The van der Waals surface area contributed by atoms with Crippen LogP contribution in [0.5, 0.6) is 0 Å². The molecule has 0 aliphatic carbocycles. The molecule has 0 radical (unpaired) electrons. The van der Waals surface area contributed by atoms with Crippen molar-refractivity contribution < 1.29 is 57.7 Å². The van der Waals surface area contributed by atoms with Crippen LogP contribution in [0.3, 0.4) is 0 Å². The fourth-order valence-corrected chi connectivity index (χ4v) is 1.18. The summed E-state index contributed by atoms with van der Waals surface area (Å²) in [7, 11) is 0. The van der Waals surface area contributed by atoms with Crippen molar-refractivity contribution in [2.24, 2.45) is 21.7 Å². The monoisotopic (exact) mass is 492 g/mol. The van der Waals surface area contributed by atoms with Gasteiger partial charge in [0.25, 0.3) is 0 Å². The molecule has 31 heavy (non-hydrogen) atoms. The summed E-state index contributed by atoms with van der Waals surface area (Å²) in [6, 6.07) is 0. The van der Waals surface area contributed by atoms with Crippen LogP contribution in [0.2, 0.25) is 0 Å². The Balaban J connectivity index is -0.000000490. The molecule has 0 rings (SSSR count). The SMILES string of the molecule is CC(C)(C)C(=O)OC(=O)C(=O)C(C)(C)C.CC(C)(C)C(=O)OC(=O)C(=O)C(C)(C)C.[Zn]. The van der Waals surface area contributed by atoms with Crippen LogP contribution in [-0.4, -0.2) is 35.4 Å². The van der Waals surface area contributed by atoms with E-state index in [4.69, 9.17) is 0 Å². The summed E-state index contributed by atoms with van der Waals surface area (Å²) in [4.78, 5) is 67.9. The Morgan fingerprint density at radius 1 is 0.419 bits per heavy atom. The number of ether oxygens (including phenoxy) is 2. The number of carbonyl (C=O) groups is 6. The number of ketones is 2. The van der Waals surface area contributed by atoms with E-state index < -0.39 is 57.1 Å². The van der Waals surface area contributed by atoms with E-state index in [1.165, 1.54) is 0 Å². The quantitative estimate of drug-likeness (QED) is 0.248. The van der Waals surface area contributed by atoms with Crippen molar-refractivity contribution >= 4 is 35.4 Å². The fourth-order valence-electron chi connectivity index (χ4n) is 1.18. The van der Waals surface area contributed by atoms with E-state index in [2.05, 4.69) is 9.47 Å². The first kappa shape index (κ1) is 33.9. The summed E-state index contributed by atoms with van der Waals surface area (Å²) in [5, 5.41) is 0. The molecule has 0 fully saturated rings. The van der Waals surface area contributed by atoms with Crippen LogP contribution < -0.4 is 0 Å². The first-order chi connectivity index (χ1) is 12.9. The molecule has 9 heteroatoms. The van der Waals surface area contributed by atoms with Gasteiger partial charge in [-0.3, -0.25) is 19.2 Å². The number of carbonyl (C=O) groups excluding carboxylic acids is 6. The third kappa shape index (κ3) is 13.3. The van der Waals surface area contributed by atoms with Crippen molar-refractivity contribution in [3.63, 3.8) is 0 Å². The maximum absolute atomic E-state index is 11.4. The number of rotatable bonds is 2. The normalized spacial score (nSPS) is 11.7. The smallest absolute Gasteiger partial charge is 0.382 e. The van der Waals surface area contributed by atoms with Gasteiger partial charge in [-0.25, -0.2) is 9.59 Å². The molecule has 0 atom stereocenters. The van der Waals surface area contributed by atoms with Gasteiger partial charge in [0.05, 0.1) is 10.8 Å². The minimum Gasteiger partial charge on any atom is -0.387 e.